The van der Waals surface area contributed by atoms with Crippen molar-refractivity contribution in [1.29, 1.82) is 0 Å². The quantitative estimate of drug-likeness (QED) is 0.834. The second-order valence-corrected chi connectivity index (χ2v) is 4.25. The molecule has 0 fully saturated rings. The van der Waals surface area contributed by atoms with E-state index in [1.807, 2.05) is 13.0 Å². The zero-order valence-electron chi connectivity index (χ0n) is 10.5. The summed E-state index contributed by atoms with van der Waals surface area (Å²) in [5, 5.41) is 2.79. The van der Waals surface area contributed by atoms with Crippen LogP contribution in [0.2, 0.25) is 0 Å². The van der Waals surface area contributed by atoms with Crippen molar-refractivity contribution in [3.05, 3.63) is 35.6 Å². The Labute approximate surface area is 113 Å². The Morgan fingerprint density at radius 3 is 2.83 bits per heavy atom. The number of hydrogen-bond donors (Lipinski definition) is 2. The third-order valence-electron chi connectivity index (χ3n) is 2.45. The highest BCUT2D eigenvalue weighted by molar-refractivity contribution is 5.85. The van der Waals surface area contributed by atoms with Gasteiger partial charge in [-0.3, -0.25) is 4.79 Å². The summed E-state index contributed by atoms with van der Waals surface area (Å²) in [4.78, 5) is 11.4. The van der Waals surface area contributed by atoms with Crippen LogP contribution in [0.1, 0.15) is 25.3 Å². The predicted octanol–water partition coefficient (Wildman–Crippen LogP) is 2.03. The number of carbonyl (C=O) groups is 1. The minimum atomic E-state index is -0.245. The van der Waals surface area contributed by atoms with Crippen LogP contribution in [0.5, 0.6) is 0 Å². The monoisotopic (exact) mass is 274 g/mol. The lowest BCUT2D eigenvalue weighted by molar-refractivity contribution is -0.121. The van der Waals surface area contributed by atoms with Crippen LogP contribution in [0.15, 0.2) is 24.3 Å². The van der Waals surface area contributed by atoms with E-state index >= 15 is 0 Å². The van der Waals surface area contributed by atoms with Gasteiger partial charge in [0.25, 0.3) is 0 Å². The Kier molecular flexibility index (Phi) is 8.33. The second-order valence-electron chi connectivity index (χ2n) is 4.25. The molecule has 1 rings (SSSR count). The predicted molar refractivity (Wildman–Crippen MR) is 73.2 cm³/mol. The molecule has 1 amide bonds. The first kappa shape index (κ1) is 16.9. The minimum absolute atomic E-state index is 0. The maximum atomic E-state index is 12.9. The molecule has 0 aromatic heterocycles. The number of rotatable bonds is 6. The van der Waals surface area contributed by atoms with E-state index in [2.05, 4.69) is 5.32 Å². The highest BCUT2D eigenvalue weighted by atomic mass is 35.5. The standard InChI is InChI=1S/C13H19FN2O.ClH/c1-10(15)5-6-13(17)16-8-7-11-3-2-4-12(14)9-11;/h2-4,9-10H,5-8,15H2,1H3,(H,16,17);1H. The van der Waals surface area contributed by atoms with E-state index in [0.717, 1.165) is 5.56 Å². The normalized spacial score (nSPS) is 11.5. The zero-order valence-corrected chi connectivity index (χ0v) is 11.3. The summed E-state index contributed by atoms with van der Waals surface area (Å²) in [5.41, 5.74) is 6.44. The topological polar surface area (TPSA) is 55.1 Å². The fourth-order valence-electron chi connectivity index (χ4n) is 1.49. The van der Waals surface area contributed by atoms with Gasteiger partial charge in [0.2, 0.25) is 5.91 Å². The summed E-state index contributed by atoms with van der Waals surface area (Å²) >= 11 is 0. The molecule has 5 heteroatoms. The van der Waals surface area contributed by atoms with E-state index in [9.17, 15) is 9.18 Å². The van der Waals surface area contributed by atoms with Crippen LogP contribution in [0.25, 0.3) is 0 Å². The zero-order chi connectivity index (χ0) is 12.7. The minimum Gasteiger partial charge on any atom is -0.356 e. The molecular formula is C13H20ClFN2O. The summed E-state index contributed by atoms with van der Waals surface area (Å²) in [5.74, 6) is -0.246. The molecule has 0 aliphatic heterocycles. The van der Waals surface area contributed by atoms with Gasteiger partial charge in [0, 0.05) is 19.0 Å². The Morgan fingerprint density at radius 2 is 2.22 bits per heavy atom. The number of benzene rings is 1. The van der Waals surface area contributed by atoms with Crippen molar-refractivity contribution in [2.45, 2.75) is 32.2 Å². The van der Waals surface area contributed by atoms with Crippen LogP contribution in [-0.2, 0) is 11.2 Å². The number of hydrogen-bond acceptors (Lipinski definition) is 2. The van der Waals surface area contributed by atoms with Crippen molar-refractivity contribution < 1.29 is 9.18 Å². The van der Waals surface area contributed by atoms with Gasteiger partial charge < -0.3 is 11.1 Å². The number of amides is 1. The van der Waals surface area contributed by atoms with Gasteiger partial charge in [0.1, 0.15) is 5.82 Å². The first-order valence-electron chi connectivity index (χ1n) is 5.84. The largest absolute Gasteiger partial charge is 0.356 e. The van der Waals surface area contributed by atoms with E-state index in [1.165, 1.54) is 12.1 Å². The van der Waals surface area contributed by atoms with Gasteiger partial charge in [-0.1, -0.05) is 12.1 Å². The molecule has 0 radical (unpaired) electrons. The maximum Gasteiger partial charge on any atom is 0.220 e. The van der Waals surface area contributed by atoms with E-state index < -0.39 is 0 Å². The Bertz CT molecular complexity index is 372. The van der Waals surface area contributed by atoms with E-state index in [-0.39, 0.29) is 30.2 Å². The Morgan fingerprint density at radius 1 is 1.50 bits per heavy atom. The molecule has 3 nitrogen and oxygen atoms in total. The van der Waals surface area contributed by atoms with E-state index in [4.69, 9.17) is 5.73 Å². The molecule has 18 heavy (non-hydrogen) atoms. The molecule has 1 aromatic rings. The van der Waals surface area contributed by atoms with Crippen LogP contribution in [0.4, 0.5) is 4.39 Å². The average molecular weight is 275 g/mol. The van der Waals surface area contributed by atoms with Gasteiger partial charge in [-0.15, -0.1) is 12.4 Å². The molecule has 1 atom stereocenters. The van der Waals surface area contributed by atoms with Crippen molar-refractivity contribution in [2.75, 3.05) is 6.54 Å². The van der Waals surface area contributed by atoms with Crippen molar-refractivity contribution in [1.82, 2.24) is 5.32 Å². The molecule has 0 aliphatic rings. The van der Waals surface area contributed by atoms with Crippen LogP contribution in [0.3, 0.4) is 0 Å². The van der Waals surface area contributed by atoms with Gasteiger partial charge in [-0.05, 0) is 37.5 Å². The van der Waals surface area contributed by atoms with Crippen LogP contribution >= 0.6 is 12.4 Å². The van der Waals surface area contributed by atoms with E-state index in [1.54, 1.807) is 6.07 Å². The van der Waals surface area contributed by atoms with Gasteiger partial charge in [-0.2, -0.15) is 0 Å². The number of nitrogens with one attached hydrogen (secondary N) is 1. The summed E-state index contributed by atoms with van der Waals surface area (Å²) in [7, 11) is 0. The molecule has 1 aromatic carbocycles. The lowest BCUT2D eigenvalue weighted by atomic mass is 10.1. The lowest BCUT2D eigenvalue weighted by Gasteiger charge is -2.07. The van der Waals surface area contributed by atoms with Gasteiger partial charge in [0.15, 0.2) is 0 Å². The third kappa shape index (κ3) is 7.25. The second kappa shape index (κ2) is 8.89. The first-order valence-corrected chi connectivity index (χ1v) is 5.84. The SMILES string of the molecule is CC(N)CCC(=O)NCCc1cccc(F)c1.Cl. The molecule has 3 N–H and O–H groups in total. The summed E-state index contributed by atoms with van der Waals surface area (Å²) < 4.78 is 12.9. The van der Waals surface area contributed by atoms with Gasteiger partial charge >= 0.3 is 0 Å². The summed E-state index contributed by atoms with van der Waals surface area (Å²) in [6, 6.07) is 6.45. The molecule has 1 unspecified atom stereocenters. The van der Waals surface area contributed by atoms with Crippen molar-refractivity contribution >= 4 is 18.3 Å². The summed E-state index contributed by atoms with van der Waals surface area (Å²) in [6.45, 7) is 2.40. The number of carbonyl (C=O) groups excluding carboxylic acids is 1. The molecule has 102 valence electrons. The smallest absolute Gasteiger partial charge is 0.220 e. The fraction of sp³-hybridized carbons (Fsp3) is 0.462. The molecular weight excluding hydrogens is 255 g/mol. The van der Waals surface area contributed by atoms with Crippen LogP contribution in [0, 0.1) is 5.82 Å². The number of nitrogens with two attached hydrogens (primary N) is 1. The molecule has 0 saturated heterocycles. The Balaban J connectivity index is 0.00000289. The van der Waals surface area contributed by atoms with Crippen LogP contribution in [-0.4, -0.2) is 18.5 Å². The molecule has 0 aliphatic carbocycles. The van der Waals surface area contributed by atoms with Crippen molar-refractivity contribution in [3.63, 3.8) is 0 Å². The van der Waals surface area contributed by atoms with Gasteiger partial charge in [0.05, 0.1) is 0 Å². The first-order chi connectivity index (χ1) is 8.08. The molecule has 0 spiro atoms. The molecule has 0 heterocycles. The fourth-order valence-corrected chi connectivity index (χ4v) is 1.49. The summed E-state index contributed by atoms with van der Waals surface area (Å²) in [6.07, 6.45) is 1.77. The third-order valence-corrected chi connectivity index (χ3v) is 2.45. The van der Waals surface area contributed by atoms with Crippen LogP contribution < -0.4 is 11.1 Å². The average Bonchev–Trinajstić information content (AvgIpc) is 2.26. The Hall–Kier alpha value is -1.13. The van der Waals surface area contributed by atoms with E-state index in [0.29, 0.717) is 25.8 Å². The molecule has 0 saturated carbocycles. The number of halogens is 2. The van der Waals surface area contributed by atoms with Gasteiger partial charge in [-0.25, -0.2) is 4.39 Å². The highest BCUT2D eigenvalue weighted by Gasteiger charge is 2.03. The lowest BCUT2D eigenvalue weighted by Crippen LogP contribution is -2.27. The van der Waals surface area contributed by atoms with Crippen molar-refractivity contribution in [3.8, 4) is 0 Å². The highest BCUT2D eigenvalue weighted by Crippen LogP contribution is 2.03. The van der Waals surface area contributed by atoms with Crippen molar-refractivity contribution in [2.24, 2.45) is 5.73 Å². The maximum absolute atomic E-state index is 12.9. The molecule has 0 bridgehead atoms.